The van der Waals surface area contributed by atoms with Gasteiger partial charge in [0.05, 0.1) is 24.3 Å². The van der Waals surface area contributed by atoms with Gasteiger partial charge in [-0.25, -0.2) is 4.98 Å². The van der Waals surface area contributed by atoms with Gasteiger partial charge in [-0.05, 0) is 97.0 Å². The van der Waals surface area contributed by atoms with Crippen LogP contribution in [0.4, 0.5) is 11.4 Å². The van der Waals surface area contributed by atoms with E-state index in [9.17, 15) is 4.79 Å². The van der Waals surface area contributed by atoms with Crippen molar-refractivity contribution in [3.05, 3.63) is 95.6 Å². The molecule has 5 rings (SSSR count). The van der Waals surface area contributed by atoms with Crippen LogP contribution in [-0.2, 0) is 15.3 Å². The van der Waals surface area contributed by atoms with E-state index in [1.54, 1.807) is 18.0 Å². The Bertz CT molecular complexity index is 1640. The maximum Gasteiger partial charge on any atom is 0.251 e. The molecule has 0 saturated heterocycles. The van der Waals surface area contributed by atoms with E-state index in [1.165, 1.54) is 0 Å². The second-order valence-electron chi connectivity index (χ2n) is 12.2. The largest absolute Gasteiger partial charge is 0.491 e. The van der Waals surface area contributed by atoms with E-state index in [-0.39, 0.29) is 5.91 Å². The third-order valence-electron chi connectivity index (χ3n) is 7.76. The van der Waals surface area contributed by atoms with Crippen LogP contribution in [0, 0.1) is 12.8 Å². The lowest BCUT2D eigenvalue weighted by Gasteiger charge is -2.27. The average molecular weight is 652 g/mol. The number of anilines is 2. The van der Waals surface area contributed by atoms with Crippen molar-refractivity contribution >= 4 is 35.1 Å². The van der Waals surface area contributed by atoms with Gasteiger partial charge < -0.3 is 19.7 Å². The number of benzene rings is 3. The van der Waals surface area contributed by atoms with Crippen LogP contribution in [0.2, 0.25) is 0 Å². The van der Waals surface area contributed by atoms with Crippen molar-refractivity contribution in [2.45, 2.75) is 57.6 Å². The van der Waals surface area contributed by atoms with Gasteiger partial charge in [-0.15, -0.1) is 16.9 Å². The minimum atomic E-state index is -0.0763. The zero-order chi connectivity index (χ0) is 33.0. The fourth-order valence-electron chi connectivity index (χ4n) is 5.38. The normalized spacial score (nSPS) is 12.8. The molecular formula is C38H45N5O3S. The fourth-order valence-corrected chi connectivity index (χ4v) is 6.13. The number of fused-ring (bicyclic) bond motifs is 1. The van der Waals surface area contributed by atoms with E-state index in [0.717, 1.165) is 82.5 Å². The van der Waals surface area contributed by atoms with Crippen LogP contribution in [-0.4, -0.2) is 54.0 Å². The number of rotatable bonds is 15. The summed E-state index contributed by atoms with van der Waals surface area (Å²) in [6.45, 7) is 12.1. The first kappa shape index (κ1) is 34.1. The Kier molecular flexibility index (Phi) is 12.4. The molecular weight excluding hydrogens is 607 g/mol. The number of hydrogen-bond acceptors (Lipinski definition) is 8. The zero-order valence-electron chi connectivity index (χ0n) is 27.9. The highest BCUT2D eigenvalue weighted by atomic mass is 32.2. The van der Waals surface area contributed by atoms with Crippen LogP contribution < -0.4 is 15.0 Å². The summed E-state index contributed by atoms with van der Waals surface area (Å²) in [4.78, 5) is 21.5. The Balaban J connectivity index is 1.27. The van der Waals surface area contributed by atoms with Crippen molar-refractivity contribution in [2.24, 2.45) is 5.92 Å². The molecule has 0 unspecified atom stereocenters. The highest BCUT2D eigenvalue weighted by molar-refractivity contribution is 7.98. The lowest BCUT2D eigenvalue weighted by Crippen LogP contribution is -2.29. The van der Waals surface area contributed by atoms with Gasteiger partial charge in [-0.3, -0.25) is 4.79 Å². The van der Waals surface area contributed by atoms with E-state index in [2.05, 4.69) is 82.6 Å². The molecule has 246 valence electrons. The molecule has 3 aromatic carbocycles. The maximum absolute atomic E-state index is 13.6. The first-order chi connectivity index (χ1) is 22.9. The van der Waals surface area contributed by atoms with Gasteiger partial charge in [0, 0.05) is 41.5 Å². The Labute approximate surface area is 283 Å². The third kappa shape index (κ3) is 10.1. The van der Waals surface area contributed by atoms with Crippen LogP contribution in [0.1, 0.15) is 57.1 Å². The molecule has 0 atom stereocenters. The molecule has 0 bridgehead atoms. The van der Waals surface area contributed by atoms with Crippen LogP contribution >= 0.6 is 11.8 Å². The van der Waals surface area contributed by atoms with Crippen LogP contribution in [0.3, 0.4) is 0 Å². The maximum atomic E-state index is 13.6. The van der Waals surface area contributed by atoms with Gasteiger partial charge >= 0.3 is 0 Å². The average Bonchev–Trinajstić information content (AvgIpc) is 3.25. The second-order valence-corrected chi connectivity index (χ2v) is 13.2. The van der Waals surface area contributed by atoms with Crippen molar-refractivity contribution < 1.29 is 14.3 Å². The predicted molar refractivity (Wildman–Crippen MR) is 192 cm³/mol. The molecule has 8 nitrogen and oxygen atoms in total. The van der Waals surface area contributed by atoms with Crippen molar-refractivity contribution in [1.82, 2.24) is 15.2 Å². The number of carbonyl (C=O) groups excluding carboxylic acids is 1. The number of aromatic nitrogens is 3. The van der Waals surface area contributed by atoms with Gasteiger partial charge in [0.15, 0.2) is 5.82 Å². The summed E-state index contributed by atoms with van der Waals surface area (Å²) in [5.41, 5.74) is 6.79. The quantitative estimate of drug-likeness (QED) is 0.102. The summed E-state index contributed by atoms with van der Waals surface area (Å²) in [6.07, 6.45) is 6.58. The van der Waals surface area contributed by atoms with Crippen molar-refractivity contribution in [3.63, 3.8) is 0 Å². The number of nitrogens with zero attached hydrogens (tertiary/aromatic N) is 4. The zero-order valence-corrected chi connectivity index (χ0v) is 28.7. The van der Waals surface area contributed by atoms with E-state index in [4.69, 9.17) is 9.47 Å². The molecule has 1 amide bonds. The molecule has 0 radical (unpaired) electrons. The van der Waals surface area contributed by atoms with Crippen molar-refractivity contribution in [2.75, 3.05) is 43.1 Å². The predicted octanol–water partition coefficient (Wildman–Crippen LogP) is 8.22. The molecule has 2 heterocycles. The van der Waals surface area contributed by atoms with Gasteiger partial charge in [-0.2, -0.15) is 5.10 Å². The topological polar surface area (TPSA) is 89.5 Å². The molecule has 1 aliphatic heterocycles. The van der Waals surface area contributed by atoms with Gasteiger partial charge in [0.25, 0.3) is 5.91 Å². The Morgan fingerprint density at radius 3 is 2.53 bits per heavy atom. The summed E-state index contributed by atoms with van der Waals surface area (Å²) in [7, 11) is 0. The summed E-state index contributed by atoms with van der Waals surface area (Å²) >= 11 is 1.64. The highest BCUT2D eigenvalue weighted by Gasteiger charge is 2.21. The molecule has 0 saturated carbocycles. The van der Waals surface area contributed by atoms with Gasteiger partial charge in [0.1, 0.15) is 12.4 Å². The van der Waals surface area contributed by atoms with Crippen LogP contribution in [0.5, 0.6) is 5.75 Å². The Hall–Kier alpha value is -4.21. The second kappa shape index (κ2) is 17.1. The third-order valence-corrected chi connectivity index (χ3v) is 8.76. The standard InChI is InChI=1S/C38H45N5O3S/c1-5-6-19-45-20-21-46-34-12-7-29(8-13-34)30-9-16-36-32(22-30)23-31(17-18-43(36)25-27(2)3)38(44)41-33-10-14-35(15-11-33)47-26-37-40-28(4)24-39-42-37/h7-16,22-24,27H,5-6,17-21,25-26H2,1-4H3,(H,41,44). The fraction of sp³-hybridized carbons (Fsp3) is 0.368. The minimum Gasteiger partial charge on any atom is -0.491 e. The van der Waals surface area contributed by atoms with E-state index in [0.29, 0.717) is 37.1 Å². The Morgan fingerprint density at radius 1 is 1.00 bits per heavy atom. The lowest BCUT2D eigenvalue weighted by molar-refractivity contribution is -0.112. The molecule has 1 N–H and O–H groups in total. The van der Waals surface area contributed by atoms with Crippen LogP contribution in [0.25, 0.3) is 17.2 Å². The number of aryl methyl sites for hydroxylation is 1. The summed E-state index contributed by atoms with van der Waals surface area (Å²) in [5, 5.41) is 11.2. The number of thioether (sulfide) groups is 1. The molecule has 4 aromatic rings. The van der Waals surface area contributed by atoms with E-state index < -0.39 is 0 Å². The van der Waals surface area contributed by atoms with E-state index >= 15 is 0 Å². The first-order valence-electron chi connectivity index (χ1n) is 16.5. The number of hydrogen-bond donors (Lipinski definition) is 1. The molecule has 1 aliphatic rings. The molecule has 47 heavy (non-hydrogen) atoms. The molecule has 0 aliphatic carbocycles. The summed E-state index contributed by atoms with van der Waals surface area (Å²) in [6, 6.07) is 22.6. The molecule has 0 spiro atoms. The number of ether oxygens (including phenoxy) is 2. The number of carbonyl (C=O) groups is 1. The molecule has 1 aromatic heterocycles. The molecule has 9 heteroatoms. The van der Waals surface area contributed by atoms with Crippen LogP contribution in [0.15, 0.2) is 83.4 Å². The summed E-state index contributed by atoms with van der Waals surface area (Å²) < 4.78 is 11.5. The number of unbranched alkanes of at least 4 members (excludes halogenated alkanes) is 1. The minimum absolute atomic E-state index is 0.0763. The van der Waals surface area contributed by atoms with Gasteiger partial charge in [-0.1, -0.05) is 45.4 Å². The number of nitrogens with one attached hydrogen (secondary N) is 1. The first-order valence-corrected chi connectivity index (χ1v) is 17.5. The highest BCUT2D eigenvalue weighted by Crippen LogP contribution is 2.34. The Morgan fingerprint density at radius 2 is 1.79 bits per heavy atom. The SMILES string of the molecule is CCCCOCCOc1ccc(-c2ccc3c(c2)C=C(C(=O)Nc2ccc(SCc4nncc(C)n4)cc2)CCN3CC(C)C)cc1. The number of amides is 1. The molecule has 0 fully saturated rings. The van der Waals surface area contributed by atoms with Gasteiger partial charge in [0.2, 0.25) is 0 Å². The van der Waals surface area contributed by atoms with Crippen molar-refractivity contribution in [1.29, 1.82) is 0 Å². The smallest absolute Gasteiger partial charge is 0.251 e. The van der Waals surface area contributed by atoms with E-state index in [1.807, 2.05) is 43.3 Å². The lowest BCUT2D eigenvalue weighted by atomic mass is 10.00. The monoisotopic (exact) mass is 651 g/mol. The van der Waals surface area contributed by atoms with Crippen molar-refractivity contribution in [3.8, 4) is 16.9 Å². The summed E-state index contributed by atoms with van der Waals surface area (Å²) in [5.74, 6) is 2.58.